The number of carbonyl (C=O) groups excluding carboxylic acids is 1. The summed E-state index contributed by atoms with van der Waals surface area (Å²) in [6, 6.07) is 0.347. The molecule has 3 heterocycles. The van der Waals surface area contributed by atoms with E-state index in [1.165, 1.54) is 0 Å². The van der Waals surface area contributed by atoms with Gasteiger partial charge in [0.15, 0.2) is 0 Å². The van der Waals surface area contributed by atoms with Gasteiger partial charge in [0, 0.05) is 45.2 Å². The number of likely N-dealkylation sites (tertiary alicyclic amines) is 1. The minimum absolute atomic E-state index is 0.158. The fraction of sp³-hybridized carbons (Fsp3) is 0.938. The van der Waals surface area contributed by atoms with Crippen LogP contribution in [0.25, 0.3) is 0 Å². The van der Waals surface area contributed by atoms with Crippen LogP contribution in [-0.2, 0) is 14.3 Å². The van der Waals surface area contributed by atoms with E-state index in [-0.39, 0.29) is 11.5 Å². The first-order chi connectivity index (χ1) is 10.7. The second kappa shape index (κ2) is 7.25. The number of hydrogen-bond acceptors (Lipinski definition) is 5. The number of morpholine rings is 1. The van der Waals surface area contributed by atoms with Gasteiger partial charge in [-0.3, -0.25) is 9.69 Å². The van der Waals surface area contributed by atoms with Crippen LogP contribution in [0.4, 0.5) is 0 Å². The van der Waals surface area contributed by atoms with Crippen molar-refractivity contribution in [3.8, 4) is 0 Å². The van der Waals surface area contributed by atoms with E-state index in [0.29, 0.717) is 25.8 Å². The van der Waals surface area contributed by atoms with Crippen molar-refractivity contribution >= 4 is 5.91 Å². The maximum atomic E-state index is 12.3. The Morgan fingerprint density at radius 2 is 2.05 bits per heavy atom. The summed E-state index contributed by atoms with van der Waals surface area (Å²) in [6.45, 7) is 9.77. The Bertz CT molecular complexity index is 377. The Hall–Kier alpha value is -0.690. The number of ether oxygens (including phenoxy) is 2. The molecule has 0 radical (unpaired) electrons. The fourth-order valence-electron chi connectivity index (χ4n) is 3.76. The quantitative estimate of drug-likeness (QED) is 0.797. The molecule has 22 heavy (non-hydrogen) atoms. The van der Waals surface area contributed by atoms with Crippen LogP contribution in [0.5, 0.6) is 0 Å². The number of carbonyl (C=O) groups is 1. The number of hydrogen-bond donors (Lipinski definition) is 1. The Kier molecular flexibility index (Phi) is 5.33. The van der Waals surface area contributed by atoms with E-state index in [2.05, 4.69) is 22.0 Å². The van der Waals surface area contributed by atoms with E-state index in [1.807, 2.05) is 0 Å². The molecule has 3 fully saturated rings. The van der Waals surface area contributed by atoms with Crippen molar-refractivity contribution in [2.75, 3.05) is 59.1 Å². The third-order valence-corrected chi connectivity index (χ3v) is 5.16. The lowest BCUT2D eigenvalue weighted by Crippen LogP contribution is -2.55. The van der Waals surface area contributed by atoms with Gasteiger partial charge in [0.25, 0.3) is 0 Å². The number of rotatable bonds is 4. The third kappa shape index (κ3) is 3.98. The predicted octanol–water partition coefficient (Wildman–Crippen LogP) is 0.0782. The second-order valence-corrected chi connectivity index (χ2v) is 6.82. The molecule has 0 aromatic rings. The summed E-state index contributed by atoms with van der Waals surface area (Å²) in [7, 11) is 0. The van der Waals surface area contributed by atoms with Crippen molar-refractivity contribution in [3.05, 3.63) is 0 Å². The molecule has 3 aliphatic rings. The Balaban J connectivity index is 1.42. The average molecular weight is 311 g/mol. The maximum Gasteiger partial charge on any atom is 0.234 e. The summed E-state index contributed by atoms with van der Waals surface area (Å²) in [4.78, 5) is 17.0. The van der Waals surface area contributed by atoms with Crippen molar-refractivity contribution in [2.45, 2.75) is 37.8 Å². The highest BCUT2D eigenvalue weighted by Gasteiger charge is 2.40. The Morgan fingerprint density at radius 3 is 2.73 bits per heavy atom. The number of piperidine rings is 1. The predicted molar refractivity (Wildman–Crippen MR) is 83.8 cm³/mol. The van der Waals surface area contributed by atoms with Crippen molar-refractivity contribution in [2.24, 2.45) is 0 Å². The number of nitrogens with one attached hydrogen (secondary N) is 1. The first kappa shape index (κ1) is 16.2. The fourth-order valence-corrected chi connectivity index (χ4v) is 3.76. The van der Waals surface area contributed by atoms with Crippen LogP contribution < -0.4 is 5.32 Å². The molecular formula is C16H29N3O3. The van der Waals surface area contributed by atoms with Crippen LogP contribution >= 0.6 is 0 Å². The van der Waals surface area contributed by atoms with Gasteiger partial charge in [0.1, 0.15) is 5.60 Å². The van der Waals surface area contributed by atoms with E-state index in [4.69, 9.17) is 9.47 Å². The third-order valence-electron chi connectivity index (χ3n) is 5.16. The van der Waals surface area contributed by atoms with Crippen molar-refractivity contribution in [1.29, 1.82) is 0 Å². The second-order valence-electron chi connectivity index (χ2n) is 6.82. The normalized spacial score (nSPS) is 31.7. The molecule has 0 aromatic carbocycles. The van der Waals surface area contributed by atoms with Gasteiger partial charge in [0.05, 0.1) is 19.8 Å². The lowest BCUT2D eigenvalue weighted by molar-refractivity contribution is -0.132. The van der Waals surface area contributed by atoms with Crippen LogP contribution in [0, 0.1) is 0 Å². The van der Waals surface area contributed by atoms with Gasteiger partial charge in [-0.15, -0.1) is 0 Å². The van der Waals surface area contributed by atoms with E-state index in [1.54, 1.807) is 0 Å². The first-order valence-electron chi connectivity index (χ1n) is 8.65. The van der Waals surface area contributed by atoms with Gasteiger partial charge in [-0.05, 0) is 19.4 Å². The van der Waals surface area contributed by atoms with Gasteiger partial charge in [-0.2, -0.15) is 0 Å². The largest absolute Gasteiger partial charge is 0.378 e. The number of amides is 1. The van der Waals surface area contributed by atoms with Gasteiger partial charge in [-0.1, -0.05) is 6.92 Å². The minimum atomic E-state index is -0.162. The first-order valence-corrected chi connectivity index (χ1v) is 8.65. The molecule has 126 valence electrons. The molecule has 3 saturated heterocycles. The maximum absolute atomic E-state index is 12.3. The molecule has 1 amide bonds. The Labute approximate surface area is 133 Å². The zero-order chi connectivity index (χ0) is 15.4. The molecule has 1 spiro atoms. The molecule has 6 heteroatoms. The van der Waals surface area contributed by atoms with E-state index < -0.39 is 0 Å². The summed E-state index contributed by atoms with van der Waals surface area (Å²) >= 11 is 0. The molecule has 3 rings (SSSR count). The van der Waals surface area contributed by atoms with Gasteiger partial charge in [-0.25, -0.2) is 0 Å². The monoisotopic (exact) mass is 311 g/mol. The van der Waals surface area contributed by atoms with Gasteiger partial charge in [0.2, 0.25) is 5.91 Å². The average Bonchev–Trinajstić information content (AvgIpc) is 2.95. The van der Waals surface area contributed by atoms with E-state index >= 15 is 0 Å². The molecule has 0 aliphatic carbocycles. The molecule has 3 aliphatic heterocycles. The molecule has 1 unspecified atom stereocenters. The molecular weight excluding hydrogens is 282 g/mol. The molecule has 6 nitrogen and oxygen atoms in total. The highest BCUT2D eigenvalue weighted by molar-refractivity contribution is 5.78. The summed E-state index contributed by atoms with van der Waals surface area (Å²) in [5, 5.41) is 3.21. The highest BCUT2D eigenvalue weighted by Crippen LogP contribution is 2.27. The summed E-state index contributed by atoms with van der Waals surface area (Å²) in [5.74, 6) is 0.158. The number of nitrogens with zero attached hydrogens (tertiary/aromatic N) is 2. The smallest absolute Gasteiger partial charge is 0.234 e. The molecule has 0 bridgehead atoms. The topological polar surface area (TPSA) is 54.0 Å². The minimum Gasteiger partial charge on any atom is -0.378 e. The van der Waals surface area contributed by atoms with Gasteiger partial charge < -0.3 is 19.7 Å². The van der Waals surface area contributed by atoms with E-state index in [9.17, 15) is 4.79 Å². The molecule has 0 saturated carbocycles. The van der Waals surface area contributed by atoms with Crippen LogP contribution in [-0.4, -0.2) is 86.4 Å². The highest BCUT2D eigenvalue weighted by atomic mass is 16.6. The van der Waals surface area contributed by atoms with Crippen molar-refractivity contribution in [3.63, 3.8) is 0 Å². The van der Waals surface area contributed by atoms with E-state index in [0.717, 1.165) is 58.6 Å². The standard InChI is InChI=1S/C16H29N3O3/c1-2-18-6-3-14(4-7-18)17-15(20)11-19-8-10-22-16(12-19)5-9-21-13-16/h14H,2-13H2,1H3,(H,17,20). The molecule has 0 aromatic heterocycles. The lowest BCUT2D eigenvalue weighted by atomic mass is 10.0. The van der Waals surface area contributed by atoms with Crippen LogP contribution in [0.3, 0.4) is 0 Å². The van der Waals surface area contributed by atoms with Gasteiger partial charge >= 0.3 is 0 Å². The van der Waals surface area contributed by atoms with Crippen molar-refractivity contribution in [1.82, 2.24) is 15.1 Å². The zero-order valence-electron chi connectivity index (χ0n) is 13.7. The van der Waals surface area contributed by atoms with Crippen LogP contribution in [0.1, 0.15) is 26.2 Å². The molecule has 1 atom stereocenters. The molecule has 1 N–H and O–H groups in total. The Morgan fingerprint density at radius 1 is 1.23 bits per heavy atom. The van der Waals surface area contributed by atoms with Crippen molar-refractivity contribution < 1.29 is 14.3 Å². The zero-order valence-corrected chi connectivity index (χ0v) is 13.7. The van der Waals surface area contributed by atoms with Crippen LogP contribution in [0.2, 0.25) is 0 Å². The summed E-state index contributed by atoms with van der Waals surface area (Å²) in [6.07, 6.45) is 3.08. The summed E-state index contributed by atoms with van der Waals surface area (Å²) in [5.41, 5.74) is -0.162. The SMILES string of the molecule is CCN1CCC(NC(=O)CN2CCOC3(CCOC3)C2)CC1. The van der Waals surface area contributed by atoms with Crippen LogP contribution in [0.15, 0.2) is 0 Å². The lowest BCUT2D eigenvalue weighted by Gasteiger charge is -2.39. The summed E-state index contributed by atoms with van der Waals surface area (Å²) < 4.78 is 11.4.